The van der Waals surface area contributed by atoms with Crippen LogP contribution in [0.5, 0.6) is 0 Å². The fraction of sp³-hybridized carbons (Fsp3) is 0.783. The van der Waals surface area contributed by atoms with Crippen LogP contribution in [-0.4, -0.2) is 66.5 Å². The van der Waals surface area contributed by atoms with E-state index in [0.29, 0.717) is 19.3 Å². The molecule has 0 heterocycles. The maximum atomic E-state index is 12.9. The Kier molecular flexibility index (Phi) is 52.3. The first kappa shape index (κ1) is 69.2. The van der Waals surface area contributed by atoms with E-state index in [1.165, 1.54) is 89.9 Å². The molecule has 3 atom stereocenters. The summed E-state index contributed by atoms with van der Waals surface area (Å²) in [6.07, 6.45) is 58.9. The van der Waals surface area contributed by atoms with Crippen LogP contribution in [0.1, 0.15) is 265 Å². The van der Waals surface area contributed by atoms with Crippen molar-refractivity contribution in [3.63, 3.8) is 0 Å². The molecule has 72 heavy (non-hydrogen) atoms. The molecule has 0 aliphatic carbocycles. The number of carbonyl (C=O) groups excluding carboxylic acids is 3. The highest BCUT2D eigenvalue weighted by atomic mass is 31.2. The number of carbonyl (C=O) groups is 3. The third-order valence-electron chi connectivity index (χ3n) is 12.4. The van der Waals surface area contributed by atoms with Gasteiger partial charge in [0.05, 0.1) is 19.8 Å². The first-order chi connectivity index (χ1) is 35.2. The highest BCUT2D eigenvalue weighted by Gasteiger charge is 2.28. The van der Waals surface area contributed by atoms with Gasteiger partial charge in [0.2, 0.25) is 0 Å². The standard InChI is InChI=1S/C60H107O11P/c1-4-7-10-13-16-19-22-25-27-28-30-32-34-37-40-43-46-49-58(62)67-53-57(71-60(64)51-48-45-42-39-36-33-29-26-23-20-17-14-11-8-5-2)55-69-72(65,66)68-54-56(52-61)70-59(63)50-47-44-41-38-35-31-24-21-18-15-12-9-6-3/h7,10,12,15-16,19,21,24-25,27,56-57,61H,4-6,8-9,11,13-14,17-18,20,22-23,26,28-55H2,1-3H3,(H,65,66)/b10-7-,15-12-,19-16-,24-21-,27-25-. The largest absolute Gasteiger partial charge is 0.472 e. The molecule has 0 saturated carbocycles. The van der Waals surface area contributed by atoms with E-state index in [-0.39, 0.29) is 25.9 Å². The Balaban J connectivity index is 4.73. The number of ether oxygens (including phenoxy) is 3. The molecule has 0 aromatic carbocycles. The highest BCUT2D eigenvalue weighted by molar-refractivity contribution is 7.47. The molecule has 0 bridgehead atoms. The molecular formula is C60H107O11P. The quantitative estimate of drug-likeness (QED) is 0.0197. The van der Waals surface area contributed by atoms with Crippen LogP contribution in [0.4, 0.5) is 0 Å². The number of hydrogen-bond donors (Lipinski definition) is 2. The van der Waals surface area contributed by atoms with E-state index in [2.05, 4.69) is 81.5 Å². The second-order valence-corrected chi connectivity index (χ2v) is 20.9. The monoisotopic (exact) mass is 1030 g/mol. The molecule has 0 radical (unpaired) electrons. The number of allylic oxidation sites excluding steroid dienone is 10. The molecule has 0 rings (SSSR count). The predicted molar refractivity (Wildman–Crippen MR) is 298 cm³/mol. The number of rotatable bonds is 54. The number of esters is 3. The van der Waals surface area contributed by atoms with E-state index < -0.39 is 57.8 Å². The lowest BCUT2D eigenvalue weighted by Gasteiger charge is -2.21. The topological polar surface area (TPSA) is 155 Å². The van der Waals surface area contributed by atoms with Crippen molar-refractivity contribution in [2.45, 2.75) is 277 Å². The first-order valence-electron chi connectivity index (χ1n) is 29.2. The van der Waals surface area contributed by atoms with Crippen LogP contribution in [0.3, 0.4) is 0 Å². The summed E-state index contributed by atoms with van der Waals surface area (Å²) in [5.74, 6) is -1.48. The zero-order valence-electron chi connectivity index (χ0n) is 46.1. The van der Waals surface area contributed by atoms with Gasteiger partial charge in [-0.15, -0.1) is 0 Å². The number of aliphatic hydroxyl groups excluding tert-OH is 1. The van der Waals surface area contributed by atoms with Crippen molar-refractivity contribution >= 4 is 25.7 Å². The Morgan fingerprint density at radius 3 is 1.17 bits per heavy atom. The van der Waals surface area contributed by atoms with Gasteiger partial charge in [0.25, 0.3) is 0 Å². The minimum Gasteiger partial charge on any atom is -0.462 e. The van der Waals surface area contributed by atoms with Crippen molar-refractivity contribution in [1.82, 2.24) is 0 Å². The Hall–Kier alpha value is -2.82. The summed E-state index contributed by atoms with van der Waals surface area (Å²) in [5.41, 5.74) is 0. The Morgan fingerprint density at radius 1 is 0.403 bits per heavy atom. The highest BCUT2D eigenvalue weighted by Crippen LogP contribution is 2.43. The van der Waals surface area contributed by atoms with Gasteiger partial charge in [0.1, 0.15) is 12.7 Å². The molecule has 0 amide bonds. The fourth-order valence-corrected chi connectivity index (χ4v) is 8.78. The normalized spacial score (nSPS) is 13.8. The third-order valence-corrected chi connectivity index (χ3v) is 13.4. The van der Waals surface area contributed by atoms with Crippen LogP contribution >= 0.6 is 7.82 Å². The molecule has 0 aromatic rings. The number of phosphoric acid groups is 1. The van der Waals surface area contributed by atoms with Crippen molar-refractivity contribution in [2.24, 2.45) is 0 Å². The zero-order chi connectivity index (χ0) is 52.7. The van der Waals surface area contributed by atoms with Crippen molar-refractivity contribution in [1.29, 1.82) is 0 Å². The molecule has 2 N–H and O–H groups in total. The van der Waals surface area contributed by atoms with Crippen molar-refractivity contribution < 1.29 is 52.2 Å². The maximum absolute atomic E-state index is 12.9. The third kappa shape index (κ3) is 52.1. The molecule has 3 unspecified atom stereocenters. The molecule has 0 aliphatic rings. The summed E-state index contributed by atoms with van der Waals surface area (Å²) >= 11 is 0. The lowest BCUT2D eigenvalue weighted by Crippen LogP contribution is -2.30. The lowest BCUT2D eigenvalue weighted by molar-refractivity contribution is -0.161. The van der Waals surface area contributed by atoms with E-state index in [1.54, 1.807) is 0 Å². The number of phosphoric ester groups is 1. The van der Waals surface area contributed by atoms with Gasteiger partial charge in [0.15, 0.2) is 6.10 Å². The Bertz CT molecular complexity index is 1440. The van der Waals surface area contributed by atoms with Gasteiger partial charge in [0, 0.05) is 19.3 Å². The van der Waals surface area contributed by atoms with Gasteiger partial charge in [-0.1, -0.05) is 229 Å². The van der Waals surface area contributed by atoms with Gasteiger partial charge in [-0.3, -0.25) is 23.4 Å². The fourth-order valence-electron chi connectivity index (χ4n) is 8.00. The summed E-state index contributed by atoms with van der Waals surface area (Å²) in [4.78, 5) is 48.5. The van der Waals surface area contributed by atoms with Crippen LogP contribution in [0.15, 0.2) is 60.8 Å². The Morgan fingerprint density at radius 2 is 0.750 bits per heavy atom. The summed E-state index contributed by atoms with van der Waals surface area (Å²) in [6.45, 7) is 4.47. The van der Waals surface area contributed by atoms with E-state index >= 15 is 0 Å². The number of hydrogen-bond acceptors (Lipinski definition) is 10. The maximum Gasteiger partial charge on any atom is 0.472 e. The minimum absolute atomic E-state index is 0.161. The predicted octanol–water partition coefficient (Wildman–Crippen LogP) is 17.1. The summed E-state index contributed by atoms with van der Waals surface area (Å²) < 4.78 is 39.5. The van der Waals surface area contributed by atoms with Crippen LogP contribution < -0.4 is 0 Å². The molecule has 11 nitrogen and oxygen atoms in total. The molecule has 0 spiro atoms. The lowest BCUT2D eigenvalue weighted by atomic mass is 10.0. The summed E-state index contributed by atoms with van der Waals surface area (Å²) in [7, 11) is -4.75. The van der Waals surface area contributed by atoms with E-state index in [0.717, 1.165) is 116 Å². The van der Waals surface area contributed by atoms with Gasteiger partial charge >= 0.3 is 25.7 Å². The number of aliphatic hydroxyl groups is 1. The molecule has 418 valence electrons. The van der Waals surface area contributed by atoms with Crippen molar-refractivity contribution in [2.75, 3.05) is 26.4 Å². The van der Waals surface area contributed by atoms with Crippen LogP contribution in [-0.2, 0) is 42.2 Å². The van der Waals surface area contributed by atoms with E-state index in [1.807, 2.05) is 0 Å². The number of unbranched alkanes of at least 4 members (excludes halogenated alkanes) is 27. The Labute approximate surface area is 440 Å². The van der Waals surface area contributed by atoms with Crippen LogP contribution in [0.2, 0.25) is 0 Å². The molecule has 0 aromatic heterocycles. The second kappa shape index (κ2) is 54.4. The average Bonchev–Trinajstić information content (AvgIpc) is 3.37. The van der Waals surface area contributed by atoms with Gasteiger partial charge in [-0.2, -0.15) is 0 Å². The average molecular weight is 1040 g/mol. The molecular weight excluding hydrogens is 928 g/mol. The second-order valence-electron chi connectivity index (χ2n) is 19.4. The van der Waals surface area contributed by atoms with Crippen LogP contribution in [0, 0.1) is 0 Å². The van der Waals surface area contributed by atoms with Gasteiger partial charge in [-0.25, -0.2) is 4.57 Å². The SMILES string of the molecule is CC/C=C\C/C=C\C/C=C\CCCCCCCCCC(=O)OCC(COP(=O)(O)OCC(CO)OC(=O)CCCCCCC/C=C\C/C=C\CCC)OC(=O)CCCCCCCCCCCCCCCCC. The van der Waals surface area contributed by atoms with E-state index in [9.17, 15) is 28.9 Å². The summed E-state index contributed by atoms with van der Waals surface area (Å²) in [6, 6.07) is 0. The molecule has 0 aliphatic heterocycles. The molecule has 0 saturated heterocycles. The first-order valence-corrected chi connectivity index (χ1v) is 30.7. The van der Waals surface area contributed by atoms with E-state index in [4.69, 9.17) is 23.3 Å². The molecule has 0 fully saturated rings. The van der Waals surface area contributed by atoms with Crippen LogP contribution in [0.25, 0.3) is 0 Å². The van der Waals surface area contributed by atoms with Gasteiger partial charge in [-0.05, 0) is 77.0 Å². The summed E-state index contributed by atoms with van der Waals surface area (Å²) in [5, 5.41) is 9.80. The van der Waals surface area contributed by atoms with Gasteiger partial charge < -0.3 is 24.2 Å². The van der Waals surface area contributed by atoms with Crippen molar-refractivity contribution in [3.8, 4) is 0 Å². The smallest absolute Gasteiger partial charge is 0.462 e. The zero-order valence-corrected chi connectivity index (χ0v) is 47.0. The van der Waals surface area contributed by atoms with Crippen molar-refractivity contribution in [3.05, 3.63) is 60.8 Å². The minimum atomic E-state index is -4.75. The molecule has 12 heteroatoms.